The van der Waals surface area contributed by atoms with Crippen LogP contribution in [0.1, 0.15) is 18.5 Å². The quantitative estimate of drug-likeness (QED) is 0.941. The molecule has 1 saturated carbocycles. The monoisotopic (exact) mass is 295 g/mol. The van der Waals surface area contributed by atoms with Crippen molar-refractivity contribution in [1.29, 1.82) is 0 Å². The third-order valence-corrected chi connectivity index (χ3v) is 3.59. The lowest BCUT2D eigenvalue weighted by molar-refractivity contribution is -0.120. The van der Waals surface area contributed by atoms with Gasteiger partial charge in [0.1, 0.15) is 12.4 Å². The molecule has 1 aromatic heterocycles. The van der Waals surface area contributed by atoms with Crippen molar-refractivity contribution in [2.24, 2.45) is 5.73 Å². The highest BCUT2D eigenvalue weighted by molar-refractivity contribution is 5.92. The molecule has 2 aromatic rings. The highest BCUT2D eigenvalue weighted by Gasteiger charge is 2.39. The Balaban J connectivity index is 2.11. The van der Waals surface area contributed by atoms with Crippen LogP contribution in [0, 0.1) is 0 Å². The molecule has 0 unspecified atom stereocenters. The van der Waals surface area contributed by atoms with Crippen molar-refractivity contribution >= 4 is 16.6 Å². The summed E-state index contributed by atoms with van der Waals surface area (Å²) >= 11 is 0. The summed E-state index contributed by atoms with van der Waals surface area (Å²) in [6.45, 7) is -0.759. The Bertz CT molecular complexity index is 650. The van der Waals surface area contributed by atoms with Crippen LogP contribution in [-0.4, -0.2) is 23.7 Å². The highest BCUT2D eigenvalue weighted by atomic mass is 19.4. The van der Waals surface area contributed by atoms with Crippen LogP contribution in [0.3, 0.4) is 0 Å². The van der Waals surface area contributed by atoms with Crippen LogP contribution in [0.4, 0.5) is 19.0 Å². The number of anilines is 1. The van der Waals surface area contributed by atoms with Gasteiger partial charge in [0.25, 0.3) is 0 Å². The van der Waals surface area contributed by atoms with Crippen LogP contribution >= 0.6 is 0 Å². The van der Waals surface area contributed by atoms with Crippen molar-refractivity contribution in [3.05, 3.63) is 36.0 Å². The van der Waals surface area contributed by atoms with Gasteiger partial charge in [0.2, 0.25) is 0 Å². The number of hydrogen-bond acceptors (Lipinski definition) is 3. The van der Waals surface area contributed by atoms with Gasteiger partial charge in [-0.1, -0.05) is 24.3 Å². The first kappa shape index (κ1) is 14.1. The number of fused-ring (bicyclic) bond motifs is 1. The summed E-state index contributed by atoms with van der Waals surface area (Å²) < 4.78 is 38.6. The topological polar surface area (TPSA) is 42.1 Å². The van der Waals surface area contributed by atoms with E-state index in [0.29, 0.717) is 11.5 Å². The van der Waals surface area contributed by atoms with E-state index in [1.807, 2.05) is 30.3 Å². The lowest BCUT2D eigenvalue weighted by Gasteiger charge is -2.26. The van der Waals surface area contributed by atoms with Crippen molar-refractivity contribution in [3.63, 3.8) is 0 Å². The van der Waals surface area contributed by atoms with E-state index in [1.165, 1.54) is 4.90 Å². The number of nitrogens with two attached hydrogens (primary N) is 1. The van der Waals surface area contributed by atoms with E-state index in [2.05, 4.69) is 4.98 Å². The standard InChI is InChI=1S/C15H16F3N3/c16-15(17,18)9-21(12-5-6-12)14-13-4-2-1-3-10(13)7-11(8-19)20-14/h1-4,7,12H,5-6,8-9,19H2. The van der Waals surface area contributed by atoms with Crippen LogP contribution in [-0.2, 0) is 6.54 Å². The molecular formula is C15H16F3N3. The van der Waals surface area contributed by atoms with E-state index >= 15 is 0 Å². The Morgan fingerprint density at radius 2 is 1.95 bits per heavy atom. The summed E-state index contributed by atoms with van der Waals surface area (Å²) in [5.41, 5.74) is 6.23. The van der Waals surface area contributed by atoms with Gasteiger partial charge in [-0.05, 0) is 24.3 Å². The largest absolute Gasteiger partial charge is 0.405 e. The minimum absolute atomic E-state index is 0.0736. The number of rotatable bonds is 4. The second-order valence-electron chi connectivity index (χ2n) is 5.34. The molecular weight excluding hydrogens is 279 g/mol. The Hall–Kier alpha value is -1.82. The summed E-state index contributed by atoms with van der Waals surface area (Å²) in [6.07, 6.45) is -2.69. The molecule has 112 valence electrons. The second kappa shape index (κ2) is 5.18. The van der Waals surface area contributed by atoms with Gasteiger partial charge < -0.3 is 10.6 Å². The van der Waals surface area contributed by atoms with Gasteiger partial charge in [0.05, 0.1) is 5.69 Å². The Morgan fingerprint density at radius 3 is 2.57 bits per heavy atom. The van der Waals surface area contributed by atoms with Crippen LogP contribution in [0.5, 0.6) is 0 Å². The van der Waals surface area contributed by atoms with Gasteiger partial charge in [-0.3, -0.25) is 0 Å². The molecule has 0 aliphatic heterocycles. The molecule has 6 heteroatoms. The molecule has 1 heterocycles. The minimum Gasteiger partial charge on any atom is -0.344 e. The van der Waals surface area contributed by atoms with E-state index < -0.39 is 12.7 Å². The first-order chi connectivity index (χ1) is 9.98. The first-order valence-electron chi connectivity index (χ1n) is 6.90. The fourth-order valence-corrected chi connectivity index (χ4v) is 2.51. The lowest BCUT2D eigenvalue weighted by atomic mass is 10.1. The average molecular weight is 295 g/mol. The van der Waals surface area contributed by atoms with E-state index in [0.717, 1.165) is 23.6 Å². The molecule has 0 bridgehead atoms. The third-order valence-electron chi connectivity index (χ3n) is 3.59. The average Bonchev–Trinajstić information content (AvgIpc) is 3.27. The third kappa shape index (κ3) is 3.10. The van der Waals surface area contributed by atoms with Gasteiger partial charge >= 0.3 is 6.18 Å². The number of hydrogen-bond donors (Lipinski definition) is 1. The number of aromatic nitrogens is 1. The number of pyridine rings is 1. The maximum absolute atomic E-state index is 12.9. The molecule has 2 N–H and O–H groups in total. The van der Waals surface area contributed by atoms with E-state index in [-0.39, 0.29) is 12.6 Å². The summed E-state index contributed by atoms with van der Waals surface area (Å²) in [4.78, 5) is 5.74. The smallest absolute Gasteiger partial charge is 0.344 e. The molecule has 1 aliphatic carbocycles. The molecule has 1 fully saturated rings. The summed E-state index contributed by atoms with van der Waals surface area (Å²) in [7, 11) is 0. The van der Waals surface area contributed by atoms with E-state index in [1.54, 1.807) is 0 Å². The molecule has 21 heavy (non-hydrogen) atoms. The van der Waals surface area contributed by atoms with Crippen molar-refractivity contribution < 1.29 is 13.2 Å². The van der Waals surface area contributed by atoms with Crippen molar-refractivity contribution in [3.8, 4) is 0 Å². The van der Waals surface area contributed by atoms with Crippen LogP contribution < -0.4 is 10.6 Å². The zero-order valence-electron chi connectivity index (χ0n) is 11.4. The molecule has 3 nitrogen and oxygen atoms in total. The van der Waals surface area contributed by atoms with E-state index in [9.17, 15) is 13.2 Å². The first-order valence-corrected chi connectivity index (χ1v) is 6.90. The number of halogens is 3. The van der Waals surface area contributed by atoms with Crippen LogP contribution in [0.15, 0.2) is 30.3 Å². The molecule has 1 aliphatic rings. The maximum Gasteiger partial charge on any atom is 0.405 e. The lowest BCUT2D eigenvalue weighted by Crippen LogP contribution is -2.36. The zero-order chi connectivity index (χ0) is 15.0. The van der Waals surface area contributed by atoms with Gasteiger partial charge in [-0.15, -0.1) is 0 Å². The predicted molar refractivity (Wildman–Crippen MR) is 76.1 cm³/mol. The summed E-state index contributed by atoms with van der Waals surface area (Å²) in [6, 6.07) is 9.11. The molecule has 0 saturated heterocycles. The zero-order valence-corrected chi connectivity index (χ0v) is 11.4. The number of nitrogens with zero attached hydrogens (tertiary/aromatic N) is 2. The predicted octanol–water partition coefficient (Wildman–Crippen LogP) is 3.22. The van der Waals surface area contributed by atoms with Gasteiger partial charge in [0.15, 0.2) is 0 Å². The molecule has 0 amide bonds. The van der Waals surface area contributed by atoms with E-state index in [4.69, 9.17) is 5.73 Å². The molecule has 1 aromatic carbocycles. The Labute approximate surface area is 120 Å². The highest BCUT2D eigenvalue weighted by Crippen LogP contribution is 2.37. The second-order valence-corrected chi connectivity index (χ2v) is 5.34. The maximum atomic E-state index is 12.9. The Kier molecular flexibility index (Phi) is 3.49. The summed E-state index contributed by atoms with van der Waals surface area (Å²) in [5, 5.41) is 1.61. The molecule has 0 spiro atoms. The van der Waals surface area contributed by atoms with Crippen molar-refractivity contribution in [2.75, 3.05) is 11.4 Å². The Morgan fingerprint density at radius 1 is 1.24 bits per heavy atom. The minimum atomic E-state index is -4.25. The van der Waals surface area contributed by atoms with Crippen LogP contribution in [0.25, 0.3) is 10.8 Å². The SMILES string of the molecule is NCc1cc2ccccc2c(N(CC(F)(F)F)C2CC2)n1. The van der Waals surface area contributed by atoms with Gasteiger partial charge in [0, 0.05) is 18.0 Å². The normalized spacial score (nSPS) is 15.4. The molecule has 0 radical (unpaired) electrons. The number of benzene rings is 1. The molecule has 3 rings (SSSR count). The van der Waals surface area contributed by atoms with Crippen molar-refractivity contribution in [1.82, 2.24) is 4.98 Å². The number of alkyl halides is 3. The van der Waals surface area contributed by atoms with Gasteiger partial charge in [-0.25, -0.2) is 4.98 Å². The van der Waals surface area contributed by atoms with Gasteiger partial charge in [-0.2, -0.15) is 13.2 Å². The van der Waals surface area contributed by atoms with Crippen LogP contribution in [0.2, 0.25) is 0 Å². The summed E-state index contributed by atoms with van der Waals surface area (Å²) in [5.74, 6) is 0.397. The fourth-order valence-electron chi connectivity index (χ4n) is 2.51. The fraction of sp³-hybridized carbons (Fsp3) is 0.400. The van der Waals surface area contributed by atoms with Crippen molar-refractivity contribution in [2.45, 2.75) is 31.6 Å². The molecule has 0 atom stereocenters.